The zero-order valence-electron chi connectivity index (χ0n) is 11.5. The van der Waals surface area contributed by atoms with Crippen molar-refractivity contribution < 1.29 is 9.47 Å². The van der Waals surface area contributed by atoms with Crippen molar-refractivity contribution in [3.63, 3.8) is 0 Å². The van der Waals surface area contributed by atoms with Crippen LogP contribution < -0.4 is 14.8 Å². The van der Waals surface area contributed by atoms with Gasteiger partial charge in [0.1, 0.15) is 6.61 Å². The third-order valence-electron chi connectivity index (χ3n) is 2.59. The van der Waals surface area contributed by atoms with Crippen LogP contribution in [-0.2, 0) is 6.61 Å². The van der Waals surface area contributed by atoms with E-state index >= 15 is 0 Å². The lowest BCUT2D eigenvalue weighted by atomic mass is 10.3. The molecule has 2 aromatic rings. The minimum absolute atomic E-state index is 0.477. The second-order valence-corrected chi connectivity index (χ2v) is 6.09. The Hall–Kier alpha value is -1.27. The van der Waals surface area contributed by atoms with Gasteiger partial charge in [-0.25, -0.2) is 4.98 Å². The fraction of sp³-hybridized carbons (Fsp3) is 0.357. The molecule has 4 nitrogen and oxygen atoms in total. The normalized spacial score (nSPS) is 10.3. The second-order valence-electron chi connectivity index (χ2n) is 4.12. The van der Waals surface area contributed by atoms with Gasteiger partial charge in [0, 0.05) is 12.7 Å². The lowest BCUT2D eigenvalue weighted by Gasteiger charge is -2.11. The Morgan fingerprint density at radius 3 is 3.00 bits per heavy atom. The molecular weight excluding hydrogens is 340 g/mol. The summed E-state index contributed by atoms with van der Waals surface area (Å²) in [5.74, 6) is 1.43. The standard InChI is InChI=1S/C14H17BrN2O2S/c1-3-7-16-14-17-8-10(20-14)9-19-13-11(15)5-4-6-12(13)18-2/h4-6,8H,3,7,9H2,1-2H3,(H,16,17). The van der Waals surface area contributed by atoms with E-state index in [-0.39, 0.29) is 0 Å². The first-order valence-corrected chi connectivity index (χ1v) is 7.99. The van der Waals surface area contributed by atoms with Gasteiger partial charge in [-0.15, -0.1) is 0 Å². The maximum absolute atomic E-state index is 5.83. The molecule has 0 saturated carbocycles. The average Bonchev–Trinajstić information content (AvgIpc) is 2.91. The molecule has 1 heterocycles. The first-order chi connectivity index (χ1) is 9.74. The van der Waals surface area contributed by atoms with Gasteiger partial charge < -0.3 is 14.8 Å². The molecule has 0 saturated heterocycles. The summed E-state index contributed by atoms with van der Waals surface area (Å²) in [6, 6.07) is 5.72. The van der Waals surface area contributed by atoms with E-state index in [1.165, 1.54) is 0 Å². The van der Waals surface area contributed by atoms with Crippen LogP contribution in [0.2, 0.25) is 0 Å². The largest absolute Gasteiger partial charge is 0.493 e. The van der Waals surface area contributed by atoms with Crippen LogP contribution in [0.3, 0.4) is 0 Å². The first kappa shape index (κ1) is 15.1. The number of anilines is 1. The molecule has 0 fully saturated rings. The molecule has 20 heavy (non-hydrogen) atoms. The predicted octanol–water partition coefficient (Wildman–Crippen LogP) is 4.32. The van der Waals surface area contributed by atoms with E-state index in [2.05, 4.69) is 33.2 Å². The van der Waals surface area contributed by atoms with Gasteiger partial charge in [-0.1, -0.05) is 24.3 Å². The molecule has 0 amide bonds. The van der Waals surface area contributed by atoms with E-state index in [1.54, 1.807) is 18.4 Å². The number of thiazole rings is 1. The highest BCUT2D eigenvalue weighted by Crippen LogP contribution is 2.35. The van der Waals surface area contributed by atoms with E-state index in [0.29, 0.717) is 18.1 Å². The molecule has 0 atom stereocenters. The summed E-state index contributed by atoms with van der Waals surface area (Å²) in [7, 11) is 1.63. The number of rotatable bonds is 7. The highest BCUT2D eigenvalue weighted by atomic mass is 79.9. The van der Waals surface area contributed by atoms with Crippen molar-refractivity contribution in [1.82, 2.24) is 4.98 Å². The third kappa shape index (κ3) is 3.86. The van der Waals surface area contributed by atoms with Crippen LogP contribution in [0.25, 0.3) is 0 Å². The second kappa shape index (κ2) is 7.50. The third-order valence-corrected chi connectivity index (χ3v) is 4.14. The lowest BCUT2D eigenvalue weighted by Crippen LogP contribution is -1.98. The molecule has 0 aliphatic rings. The molecule has 108 valence electrons. The molecule has 0 unspecified atom stereocenters. The summed E-state index contributed by atoms with van der Waals surface area (Å²) in [5, 5.41) is 4.20. The molecule has 1 aromatic heterocycles. The van der Waals surface area contributed by atoms with Crippen molar-refractivity contribution >= 4 is 32.4 Å². The minimum Gasteiger partial charge on any atom is -0.493 e. The van der Waals surface area contributed by atoms with E-state index in [0.717, 1.165) is 27.4 Å². The summed E-state index contributed by atoms with van der Waals surface area (Å²) in [6.07, 6.45) is 2.92. The molecular formula is C14H17BrN2O2S. The van der Waals surface area contributed by atoms with E-state index in [9.17, 15) is 0 Å². The van der Waals surface area contributed by atoms with Gasteiger partial charge in [0.15, 0.2) is 16.6 Å². The Kier molecular flexibility index (Phi) is 5.67. The number of nitrogens with one attached hydrogen (secondary N) is 1. The van der Waals surface area contributed by atoms with Gasteiger partial charge in [0.05, 0.1) is 16.5 Å². The fourth-order valence-corrected chi connectivity index (χ4v) is 2.83. The summed E-state index contributed by atoms with van der Waals surface area (Å²) < 4.78 is 12.0. The van der Waals surface area contributed by atoms with Gasteiger partial charge in [-0.05, 0) is 34.5 Å². The molecule has 2 rings (SSSR count). The number of methoxy groups -OCH3 is 1. The lowest BCUT2D eigenvalue weighted by molar-refractivity contribution is 0.285. The molecule has 6 heteroatoms. The van der Waals surface area contributed by atoms with Crippen molar-refractivity contribution in [3.8, 4) is 11.5 Å². The van der Waals surface area contributed by atoms with E-state index < -0.39 is 0 Å². The molecule has 1 aromatic carbocycles. The van der Waals surface area contributed by atoms with Gasteiger partial charge in [-0.2, -0.15) is 0 Å². The minimum atomic E-state index is 0.477. The molecule has 0 aliphatic carbocycles. The SMILES string of the molecule is CCCNc1ncc(COc2c(Br)cccc2OC)s1. The quantitative estimate of drug-likeness (QED) is 0.802. The number of para-hydroxylation sites is 1. The zero-order valence-corrected chi connectivity index (χ0v) is 13.9. The summed E-state index contributed by atoms with van der Waals surface area (Å²) in [6.45, 7) is 3.54. The Morgan fingerprint density at radius 1 is 1.40 bits per heavy atom. The van der Waals surface area contributed by atoms with E-state index in [1.807, 2.05) is 24.4 Å². The highest BCUT2D eigenvalue weighted by molar-refractivity contribution is 9.10. The van der Waals surface area contributed by atoms with Crippen LogP contribution in [0.15, 0.2) is 28.9 Å². The van der Waals surface area contributed by atoms with Crippen LogP contribution in [0.4, 0.5) is 5.13 Å². The van der Waals surface area contributed by atoms with Crippen molar-refractivity contribution in [1.29, 1.82) is 0 Å². The van der Waals surface area contributed by atoms with Crippen LogP contribution in [0.1, 0.15) is 18.2 Å². The Labute approximate surface area is 131 Å². The van der Waals surface area contributed by atoms with Gasteiger partial charge in [-0.3, -0.25) is 0 Å². The summed E-state index contributed by atoms with van der Waals surface area (Å²) in [4.78, 5) is 5.39. The molecule has 1 N–H and O–H groups in total. The van der Waals surface area contributed by atoms with Crippen molar-refractivity contribution in [2.75, 3.05) is 19.0 Å². The van der Waals surface area contributed by atoms with Crippen molar-refractivity contribution in [3.05, 3.63) is 33.7 Å². The van der Waals surface area contributed by atoms with Gasteiger partial charge in [0.25, 0.3) is 0 Å². The monoisotopic (exact) mass is 356 g/mol. The maximum atomic E-state index is 5.83. The number of aromatic nitrogens is 1. The van der Waals surface area contributed by atoms with Crippen LogP contribution in [0.5, 0.6) is 11.5 Å². The highest BCUT2D eigenvalue weighted by Gasteiger charge is 2.10. The van der Waals surface area contributed by atoms with E-state index in [4.69, 9.17) is 9.47 Å². The van der Waals surface area contributed by atoms with Crippen LogP contribution >= 0.6 is 27.3 Å². The zero-order chi connectivity index (χ0) is 14.4. The van der Waals surface area contributed by atoms with Gasteiger partial charge in [0.2, 0.25) is 0 Å². The van der Waals surface area contributed by atoms with Crippen molar-refractivity contribution in [2.24, 2.45) is 0 Å². The molecule has 0 radical (unpaired) electrons. The number of benzene rings is 1. The van der Waals surface area contributed by atoms with Crippen molar-refractivity contribution in [2.45, 2.75) is 20.0 Å². The average molecular weight is 357 g/mol. The fourth-order valence-electron chi connectivity index (χ4n) is 1.62. The first-order valence-electron chi connectivity index (χ1n) is 6.38. The molecule has 0 aliphatic heterocycles. The Balaban J connectivity index is 2.00. The number of ether oxygens (including phenoxy) is 2. The van der Waals surface area contributed by atoms with Gasteiger partial charge >= 0.3 is 0 Å². The number of hydrogen-bond acceptors (Lipinski definition) is 5. The van der Waals surface area contributed by atoms with Crippen LogP contribution in [0, 0.1) is 0 Å². The summed E-state index contributed by atoms with van der Waals surface area (Å²) in [5.41, 5.74) is 0. The number of halogens is 1. The Morgan fingerprint density at radius 2 is 2.25 bits per heavy atom. The number of nitrogens with zero attached hydrogens (tertiary/aromatic N) is 1. The molecule has 0 spiro atoms. The number of hydrogen-bond donors (Lipinski definition) is 1. The van der Waals surface area contributed by atoms with Crippen LogP contribution in [-0.4, -0.2) is 18.6 Å². The topological polar surface area (TPSA) is 43.4 Å². The summed E-state index contributed by atoms with van der Waals surface area (Å²) >= 11 is 5.08. The predicted molar refractivity (Wildman–Crippen MR) is 85.9 cm³/mol. The maximum Gasteiger partial charge on any atom is 0.182 e. The smallest absolute Gasteiger partial charge is 0.182 e. The molecule has 0 bridgehead atoms. The Bertz CT molecular complexity index is 560.